The Bertz CT molecular complexity index is 1090. The molecule has 0 amide bonds. The van der Waals surface area contributed by atoms with E-state index in [4.69, 9.17) is 0 Å². The van der Waals surface area contributed by atoms with Crippen LogP contribution in [0.1, 0.15) is 22.6 Å². The molecule has 29 heavy (non-hydrogen) atoms. The lowest BCUT2D eigenvalue weighted by Crippen LogP contribution is -2.36. The van der Waals surface area contributed by atoms with Crippen LogP contribution in [0.15, 0.2) is 47.4 Å². The van der Waals surface area contributed by atoms with Crippen molar-refractivity contribution in [3.05, 3.63) is 81.4 Å². The molecule has 1 aliphatic rings. The van der Waals surface area contributed by atoms with Gasteiger partial charge in [-0.15, -0.1) is 0 Å². The first kappa shape index (κ1) is 19.3. The molecule has 5 nitrogen and oxygen atoms in total. The van der Waals surface area contributed by atoms with E-state index in [2.05, 4.69) is 9.97 Å². The molecule has 1 aromatic carbocycles. The number of aromatic nitrogens is 3. The van der Waals surface area contributed by atoms with Gasteiger partial charge in [-0.05, 0) is 23.8 Å². The van der Waals surface area contributed by atoms with Crippen LogP contribution < -0.4 is 5.56 Å². The van der Waals surface area contributed by atoms with Crippen molar-refractivity contribution in [3.8, 4) is 11.3 Å². The summed E-state index contributed by atoms with van der Waals surface area (Å²) in [7, 11) is 0. The number of alkyl halides is 3. The number of nitrogens with one attached hydrogen (secondary N) is 1. The molecular weight excluding hydrogens is 388 g/mol. The molecule has 0 radical (unpaired) electrons. The Labute approximate surface area is 163 Å². The Kier molecular flexibility index (Phi) is 4.91. The highest BCUT2D eigenvalue weighted by molar-refractivity contribution is 5.59. The van der Waals surface area contributed by atoms with E-state index in [1.807, 2.05) is 16.0 Å². The smallest absolute Gasteiger partial charge is 0.303 e. The minimum Gasteiger partial charge on any atom is -0.303 e. The Morgan fingerprint density at radius 2 is 1.93 bits per heavy atom. The number of hydrogen-bond acceptors (Lipinski definition) is 4. The molecule has 0 saturated carbocycles. The van der Waals surface area contributed by atoms with Gasteiger partial charge < -0.3 is 4.98 Å². The fourth-order valence-electron chi connectivity index (χ4n) is 3.35. The summed E-state index contributed by atoms with van der Waals surface area (Å²) in [4.78, 5) is 23.7. The average Bonchev–Trinajstić information content (AvgIpc) is 2.69. The number of rotatable bonds is 3. The maximum atomic E-state index is 13.9. The van der Waals surface area contributed by atoms with Crippen LogP contribution >= 0.6 is 0 Å². The van der Waals surface area contributed by atoms with Gasteiger partial charge in [0.05, 0.1) is 17.0 Å². The summed E-state index contributed by atoms with van der Waals surface area (Å²) in [6.45, 7) is 1.13. The van der Waals surface area contributed by atoms with Crippen LogP contribution in [0.4, 0.5) is 17.6 Å². The van der Waals surface area contributed by atoms with E-state index in [0.717, 1.165) is 5.56 Å². The predicted molar refractivity (Wildman–Crippen MR) is 97.3 cm³/mol. The third-order valence-corrected chi connectivity index (χ3v) is 4.80. The van der Waals surface area contributed by atoms with E-state index in [-0.39, 0.29) is 30.0 Å². The zero-order valence-corrected chi connectivity index (χ0v) is 15.1. The second kappa shape index (κ2) is 7.40. The number of aromatic amines is 1. The normalized spacial score (nSPS) is 14.6. The monoisotopic (exact) mass is 404 g/mol. The fourth-order valence-corrected chi connectivity index (χ4v) is 3.35. The minimum atomic E-state index is -4.68. The molecular formula is C20H16F4N4O. The van der Waals surface area contributed by atoms with Gasteiger partial charge in [-0.3, -0.25) is 14.7 Å². The van der Waals surface area contributed by atoms with E-state index in [9.17, 15) is 22.4 Å². The highest BCUT2D eigenvalue weighted by Crippen LogP contribution is 2.27. The SMILES string of the molecule is O=c1[nH]c(C(F)(F)F)nc2c1CN(Cc1ccc(-c3ccccc3F)nc1)CC2. The maximum absolute atomic E-state index is 13.9. The topological polar surface area (TPSA) is 61.9 Å². The summed E-state index contributed by atoms with van der Waals surface area (Å²) < 4.78 is 52.3. The Hall–Kier alpha value is -3.07. The van der Waals surface area contributed by atoms with Gasteiger partial charge in [0.25, 0.3) is 5.56 Å². The molecule has 3 aromatic rings. The molecule has 0 bridgehead atoms. The van der Waals surface area contributed by atoms with Crippen molar-refractivity contribution in [2.24, 2.45) is 0 Å². The van der Waals surface area contributed by atoms with E-state index in [0.29, 0.717) is 24.3 Å². The van der Waals surface area contributed by atoms with Crippen molar-refractivity contribution in [1.29, 1.82) is 0 Å². The lowest BCUT2D eigenvalue weighted by atomic mass is 10.1. The van der Waals surface area contributed by atoms with Crippen molar-refractivity contribution in [2.75, 3.05) is 6.54 Å². The number of H-pyrrole nitrogens is 1. The van der Waals surface area contributed by atoms with Crippen molar-refractivity contribution >= 4 is 0 Å². The lowest BCUT2D eigenvalue weighted by molar-refractivity contribution is -0.145. The van der Waals surface area contributed by atoms with Gasteiger partial charge in [0, 0.05) is 37.8 Å². The van der Waals surface area contributed by atoms with Crippen LogP contribution in [0.2, 0.25) is 0 Å². The second-order valence-corrected chi connectivity index (χ2v) is 6.83. The maximum Gasteiger partial charge on any atom is 0.449 e. The number of hydrogen-bond donors (Lipinski definition) is 1. The molecule has 1 N–H and O–H groups in total. The Morgan fingerprint density at radius 3 is 2.62 bits per heavy atom. The fraction of sp³-hybridized carbons (Fsp3) is 0.250. The van der Waals surface area contributed by atoms with Gasteiger partial charge in [-0.25, -0.2) is 9.37 Å². The molecule has 0 saturated heterocycles. The molecule has 0 unspecified atom stereocenters. The summed E-state index contributed by atoms with van der Waals surface area (Å²) in [5.41, 5.74) is 1.44. The zero-order chi connectivity index (χ0) is 20.6. The predicted octanol–water partition coefficient (Wildman–Crippen LogP) is 3.55. The first-order valence-electron chi connectivity index (χ1n) is 8.93. The van der Waals surface area contributed by atoms with Crippen LogP contribution in [-0.4, -0.2) is 26.4 Å². The first-order chi connectivity index (χ1) is 13.8. The number of fused-ring (bicyclic) bond motifs is 1. The summed E-state index contributed by atoms with van der Waals surface area (Å²) in [6.07, 6.45) is -2.80. The summed E-state index contributed by atoms with van der Waals surface area (Å²) in [5.74, 6) is -1.62. The highest BCUT2D eigenvalue weighted by atomic mass is 19.4. The largest absolute Gasteiger partial charge is 0.449 e. The van der Waals surface area contributed by atoms with E-state index in [1.54, 1.807) is 30.5 Å². The number of nitrogens with zero attached hydrogens (tertiary/aromatic N) is 3. The van der Waals surface area contributed by atoms with Crippen molar-refractivity contribution in [2.45, 2.75) is 25.7 Å². The zero-order valence-electron chi connectivity index (χ0n) is 15.1. The van der Waals surface area contributed by atoms with Crippen LogP contribution in [0.5, 0.6) is 0 Å². The average molecular weight is 404 g/mol. The van der Waals surface area contributed by atoms with Crippen molar-refractivity contribution < 1.29 is 17.6 Å². The molecule has 0 aliphatic carbocycles. The van der Waals surface area contributed by atoms with Crippen molar-refractivity contribution in [3.63, 3.8) is 0 Å². The number of benzene rings is 1. The molecule has 0 atom stereocenters. The van der Waals surface area contributed by atoms with Crippen LogP contribution in [0.3, 0.4) is 0 Å². The number of pyridine rings is 1. The minimum absolute atomic E-state index is 0.186. The number of halogens is 4. The molecule has 3 heterocycles. The van der Waals surface area contributed by atoms with Crippen LogP contribution in [0.25, 0.3) is 11.3 Å². The van der Waals surface area contributed by atoms with E-state index >= 15 is 0 Å². The third-order valence-electron chi connectivity index (χ3n) is 4.80. The second-order valence-electron chi connectivity index (χ2n) is 6.83. The quantitative estimate of drug-likeness (QED) is 0.679. The summed E-state index contributed by atoms with van der Waals surface area (Å²) in [6, 6.07) is 9.89. The van der Waals surface area contributed by atoms with Gasteiger partial charge in [0.15, 0.2) is 0 Å². The van der Waals surface area contributed by atoms with Gasteiger partial charge >= 0.3 is 6.18 Å². The molecule has 150 valence electrons. The van der Waals surface area contributed by atoms with Crippen molar-refractivity contribution in [1.82, 2.24) is 19.9 Å². The molecule has 0 fully saturated rings. The van der Waals surface area contributed by atoms with Gasteiger partial charge in [0.2, 0.25) is 5.82 Å². The summed E-state index contributed by atoms with van der Waals surface area (Å²) >= 11 is 0. The van der Waals surface area contributed by atoms with Gasteiger partial charge in [0.1, 0.15) is 5.82 Å². The van der Waals surface area contributed by atoms with Gasteiger partial charge in [-0.2, -0.15) is 13.2 Å². The Balaban J connectivity index is 1.50. The lowest BCUT2D eigenvalue weighted by Gasteiger charge is -2.27. The van der Waals surface area contributed by atoms with Crippen LogP contribution in [-0.2, 0) is 25.7 Å². The molecule has 2 aromatic heterocycles. The highest BCUT2D eigenvalue weighted by Gasteiger charge is 2.35. The Morgan fingerprint density at radius 1 is 1.14 bits per heavy atom. The molecule has 4 rings (SSSR count). The first-order valence-corrected chi connectivity index (χ1v) is 8.93. The van der Waals surface area contributed by atoms with E-state index < -0.39 is 17.6 Å². The summed E-state index contributed by atoms with van der Waals surface area (Å²) in [5, 5.41) is 0. The van der Waals surface area contributed by atoms with E-state index in [1.165, 1.54) is 6.07 Å². The molecule has 9 heteroatoms. The van der Waals surface area contributed by atoms with Crippen LogP contribution in [0, 0.1) is 5.82 Å². The molecule has 1 aliphatic heterocycles. The standard InChI is InChI=1S/C20H16F4N4O/c21-15-4-2-1-3-13(15)16-6-5-12(9-25-16)10-28-8-7-17-14(11-28)18(29)27-19(26-17)20(22,23)24/h1-6,9H,7-8,10-11H2,(H,26,27,29). The van der Waals surface area contributed by atoms with Gasteiger partial charge in [-0.1, -0.05) is 18.2 Å². The third kappa shape index (κ3) is 4.04. The molecule has 0 spiro atoms.